The van der Waals surface area contributed by atoms with Crippen LogP contribution in [0, 0.1) is 0 Å². The van der Waals surface area contributed by atoms with Gasteiger partial charge in [0.05, 0.1) is 4.90 Å². The van der Waals surface area contributed by atoms with Crippen LogP contribution in [-0.4, -0.2) is 30.8 Å². The Balaban J connectivity index is 1.57. The Kier molecular flexibility index (Phi) is 7.69. The highest BCUT2D eigenvalue weighted by atomic mass is 32.2. The molecule has 0 atom stereocenters. The number of hydrogen-bond donors (Lipinski definition) is 2. The van der Waals surface area contributed by atoms with Gasteiger partial charge in [-0.2, -0.15) is 4.31 Å². The molecule has 160 valence electrons. The molecule has 0 aliphatic carbocycles. The van der Waals surface area contributed by atoms with Gasteiger partial charge in [0.15, 0.2) is 5.11 Å². The van der Waals surface area contributed by atoms with E-state index in [1.165, 1.54) is 33.9 Å². The number of anilines is 1. The van der Waals surface area contributed by atoms with Gasteiger partial charge in [-0.25, -0.2) is 8.42 Å². The zero-order valence-electron chi connectivity index (χ0n) is 16.7. The van der Waals surface area contributed by atoms with Crippen LogP contribution in [0.25, 0.3) is 6.08 Å². The summed E-state index contributed by atoms with van der Waals surface area (Å²) in [5.74, 6) is -0.354. The summed E-state index contributed by atoms with van der Waals surface area (Å²) in [7, 11) is -2.09. The van der Waals surface area contributed by atoms with Crippen LogP contribution in [0.15, 0.2) is 83.1 Å². The molecule has 0 fully saturated rings. The first-order valence-electron chi connectivity index (χ1n) is 9.28. The molecule has 9 heteroatoms. The lowest BCUT2D eigenvalue weighted by Gasteiger charge is -2.17. The molecule has 1 heterocycles. The van der Waals surface area contributed by atoms with Gasteiger partial charge in [0.2, 0.25) is 15.9 Å². The van der Waals surface area contributed by atoms with Crippen LogP contribution in [-0.2, 0) is 21.4 Å². The maximum absolute atomic E-state index is 12.8. The normalized spacial score (nSPS) is 11.5. The summed E-state index contributed by atoms with van der Waals surface area (Å²) in [6.07, 6.45) is 3.10. The minimum absolute atomic E-state index is 0.123. The average molecular weight is 472 g/mol. The Morgan fingerprint density at radius 1 is 1.06 bits per heavy atom. The van der Waals surface area contributed by atoms with Gasteiger partial charge >= 0.3 is 0 Å². The first-order chi connectivity index (χ1) is 14.8. The quantitative estimate of drug-likeness (QED) is 0.401. The van der Waals surface area contributed by atoms with Crippen molar-refractivity contribution < 1.29 is 13.2 Å². The molecule has 0 bridgehead atoms. The van der Waals surface area contributed by atoms with Crippen molar-refractivity contribution in [2.24, 2.45) is 0 Å². The van der Waals surface area contributed by atoms with Crippen molar-refractivity contribution in [1.29, 1.82) is 0 Å². The second-order valence-electron chi connectivity index (χ2n) is 6.56. The molecule has 31 heavy (non-hydrogen) atoms. The van der Waals surface area contributed by atoms with E-state index in [-0.39, 0.29) is 22.5 Å². The standard InChI is InChI=1S/C22H21N3O3S3/c1-25(16-17-6-3-2-4-7-17)31(27,28)20-12-9-18(10-13-20)23-22(29)24-21(26)14-11-19-8-5-15-30-19/h2-15H,16H2,1H3,(H2,23,24,26,29). The Hall–Kier alpha value is -2.85. The van der Waals surface area contributed by atoms with Crippen molar-refractivity contribution in [3.8, 4) is 0 Å². The number of benzene rings is 2. The molecule has 0 aliphatic rings. The van der Waals surface area contributed by atoms with Crippen molar-refractivity contribution in [1.82, 2.24) is 9.62 Å². The second kappa shape index (κ2) is 10.5. The van der Waals surface area contributed by atoms with Crippen molar-refractivity contribution in [2.45, 2.75) is 11.4 Å². The number of carbonyl (C=O) groups is 1. The molecule has 0 aliphatic heterocycles. The number of nitrogens with one attached hydrogen (secondary N) is 2. The van der Waals surface area contributed by atoms with Crippen molar-refractivity contribution in [2.75, 3.05) is 12.4 Å². The number of sulfonamides is 1. The van der Waals surface area contributed by atoms with Gasteiger partial charge in [-0.15, -0.1) is 11.3 Å². The molecule has 0 spiro atoms. The molecular formula is C22H21N3O3S3. The van der Waals surface area contributed by atoms with E-state index in [0.717, 1.165) is 10.4 Å². The summed E-state index contributed by atoms with van der Waals surface area (Å²) in [5.41, 5.74) is 1.47. The van der Waals surface area contributed by atoms with Gasteiger partial charge in [-0.3, -0.25) is 10.1 Å². The number of thiocarbonyl (C=S) groups is 1. The van der Waals surface area contributed by atoms with Crippen molar-refractivity contribution >= 4 is 56.4 Å². The molecule has 2 aromatic carbocycles. The van der Waals surface area contributed by atoms with E-state index in [0.29, 0.717) is 5.69 Å². The SMILES string of the molecule is CN(Cc1ccccc1)S(=O)(=O)c1ccc(NC(=S)NC(=O)C=Cc2cccs2)cc1. The summed E-state index contributed by atoms with van der Waals surface area (Å²) >= 11 is 6.67. The van der Waals surface area contributed by atoms with Gasteiger partial charge in [0.1, 0.15) is 0 Å². The molecule has 6 nitrogen and oxygen atoms in total. The van der Waals surface area contributed by atoms with Crippen LogP contribution in [0.3, 0.4) is 0 Å². The number of amides is 1. The fourth-order valence-electron chi connectivity index (χ4n) is 2.68. The number of hydrogen-bond acceptors (Lipinski definition) is 5. The van der Waals surface area contributed by atoms with Gasteiger partial charge in [0.25, 0.3) is 0 Å². The van der Waals surface area contributed by atoms with Gasteiger partial charge in [-0.05, 0) is 59.6 Å². The Labute approximate surface area is 191 Å². The number of nitrogens with zero attached hydrogens (tertiary/aromatic N) is 1. The predicted molar refractivity (Wildman–Crippen MR) is 129 cm³/mol. The largest absolute Gasteiger partial charge is 0.332 e. The molecule has 3 aromatic rings. The number of carbonyl (C=O) groups excluding carboxylic acids is 1. The Morgan fingerprint density at radius 3 is 2.42 bits per heavy atom. The molecule has 0 saturated carbocycles. The van der Waals surface area contributed by atoms with Gasteiger partial charge < -0.3 is 5.32 Å². The molecule has 1 aromatic heterocycles. The lowest BCUT2D eigenvalue weighted by atomic mass is 10.2. The summed E-state index contributed by atoms with van der Waals surface area (Å²) < 4.78 is 26.9. The van der Waals surface area contributed by atoms with Gasteiger partial charge in [0, 0.05) is 30.2 Å². The minimum atomic E-state index is -3.64. The smallest absolute Gasteiger partial charge is 0.250 e. The molecule has 0 saturated heterocycles. The first kappa shape index (κ1) is 22.8. The van der Waals surface area contributed by atoms with Crippen molar-refractivity contribution in [3.05, 3.63) is 88.6 Å². The van der Waals surface area contributed by atoms with Crippen LogP contribution in [0.1, 0.15) is 10.4 Å². The topological polar surface area (TPSA) is 78.5 Å². The molecule has 0 unspecified atom stereocenters. The van der Waals surface area contributed by atoms with E-state index in [1.807, 2.05) is 47.8 Å². The molecule has 3 rings (SSSR count). The van der Waals surface area contributed by atoms with E-state index in [4.69, 9.17) is 12.2 Å². The monoisotopic (exact) mass is 471 g/mol. The summed E-state index contributed by atoms with van der Waals surface area (Å²) in [4.78, 5) is 13.1. The van der Waals surface area contributed by atoms with E-state index >= 15 is 0 Å². The third-order valence-corrected chi connectivity index (χ3v) is 7.11. The molecule has 2 N–H and O–H groups in total. The summed E-state index contributed by atoms with van der Waals surface area (Å²) in [6, 6.07) is 19.4. The first-order valence-corrected chi connectivity index (χ1v) is 12.0. The Bertz CT molecular complexity index is 1160. The molecule has 0 radical (unpaired) electrons. The molecule has 1 amide bonds. The summed E-state index contributed by atoms with van der Waals surface area (Å²) in [6.45, 7) is 0.276. The fraction of sp³-hybridized carbons (Fsp3) is 0.0909. The average Bonchev–Trinajstić information content (AvgIpc) is 3.27. The predicted octanol–water partition coefficient (Wildman–Crippen LogP) is 4.10. The fourth-order valence-corrected chi connectivity index (χ4v) is 4.67. The van der Waals surface area contributed by atoms with E-state index in [2.05, 4.69) is 10.6 Å². The maximum Gasteiger partial charge on any atom is 0.250 e. The lowest BCUT2D eigenvalue weighted by molar-refractivity contribution is -0.115. The van der Waals surface area contributed by atoms with Crippen molar-refractivity contribution in [3.63, 3.8) is 0 Å². The molecular weight excluding hydrogens is 450 g/mol. The van der Waals surface area contributed by atoms with E-state index in [1.54, 1.807) is 25.3 Å². The number of rotatable bonds is 7. The van der Waals surface area contributed by atoms with Crippen LogP contribution >= 0.6 is 23.6 Å². The number of thiophene rings is 1. The Morgan fingerprint density at radius 2 is 1.77 bits per heavy atom. The highest BCUT2D eigenvalue weighted by molar-refractivity contribution is 7.89. The second-order valence-corrected chi connectivity index (χ2v) is 10.00. The zero-order chi connectivity index (χ0) is 22.3. The summed E-state index contributed by atoms with van der Waals surface area (Å²) in [5, 5.41) is 7.47. The third-order valence-electron chi connectivity index (χ3n) is 4.25. The van der Waals surface area contributed by atoms with Crippen LogP contribution in [0.4, 0.5) is 5.69 Å². The zero-order valence-corrected chi connectivity index (χ0v) is 19.1. The van der Waals surface area contributed by atoms with Crippen LogP contribution in [0.2, 0.25) is 0 Å². The van der Waals surface area contributed by atoms with E-state index < -0.39 is 10.0 Å². The highest BCUT2D eigenvalue weighted by Gasteiger charge is 2.20. The minimum Gasteiger partial charge on any atom is -0.332 e. The lowest BCUT2D eigenvalue weighted by Crippen LogP contribution is -2.32. The maximum atomic E-state index is 12.8. The third kappa shape index (κ3) is 6.56. The van der Waals surface area contributed by atoms with Crippen LogP contribution < -0.4 is 10.6 Å². The van der Waals surface area contributed by atoms with E-state index in [9.17, 15) is 13.2 Å². The van der Waals surface area contributed by atoms with Gasteiger partial charge in [-0.1, -0.05) is 36.4 Å². The highest BCUT2D eigenvalue weighted by Crippen LogP contribution is 2.19. The van der Waals surface area contributed by atoms with Crippen LogP contribution in [0.5, 0.6) is 0 Å².